The summed E-state index contributed by atoms with van der Waals surface area (Å²) in [6.45, 7) is 6.69. The summed E-state index contributed by atoms with van der Waals surface area (Å²) in [7, 11) is 0. The SMILES string of the molecule is c1ccc(C(c2ccccc2)N2CCN(CCOCCSc3ccc4ncnn4n3)CC2)cc1. The lowest BCUT2D eigenvalue weighted by Gasteiger charge is -2.39. The van der Waals surface area contributed by atoms with Gasteiger partial charge in [-0.15, -0.1) is 26.6 Å². The summed E-state index contributed by atoms with van der Waals surface area (Å²) in [5.41, 5.74) is 3.49. The third-order valence-electron chi connectivity index (χ3n) is 6.16. The Bertz CT molecular complexity index is 1110. The Labute approximate surface area is 204 Å². The van der Waals surface area contributed by atoms with E-state index in [0.717, 1.165) is 55.8 Å². The van der Waals surface area contributed by atoms with Gasteiger partial charge in [0.15, 0.2) is 5.65 Å². The number of hydrogen-bond acceptors (Lipinski definition) is 7. The quantitative estimate of drug-likeness (QED) is 0.257. The molecule has 34 heavy (non-hydrogen) atoms. The van der Waals surface area contributed by atoms with E-state index < -0.39 is 0 Å². The van der Waals surface area contributed by atoms with Crippen molar-refractivity contribution in [2.75, 3.05) is 51.7 Å². The van der Waals surface area contributed by atoms with Crippen LogP contribution >= 0.6 is 11.8 Å². The molecular formula is C26H30N6OS. The third-order valence-corrected chi connectivity index (χ3v) is 7.04. The zero-order valence-corrected chi connectivity index (χ0v) is 20.1. The molecule has 7 nitrogen and oxygen atoms in total. The first-order valence-electron chi connectivity index (χ1n) is 11.8. The second-order valence-electron chi connectivity index (χ2n) is 8.34. The molecule has 1 fully saturated rings. The molecule has 176 valence electrons. The molecule has 3 heterocycles. The molecule has 0 atom stereocenters. The highest BCUT2D eigenvalue weighted by Crippen LogP contribution is 2.29. The van der Waals surface area contributed by atoms with E-state index in [9.17, 15) is 0 Å². The zero-order valence-electron chi connectivity index (χ0n) is 19.2. The van der Waals surface area contributed by atoms with Crippen LogP contribution in [0.1, 0.15) is 17.2 Å². The van der Waals surface area contributed by atoms with E-state index in [2.05, 4.69) is 85.6 Å². The fraction of sp³-hybridized carbons (Fsp3) is 0.346. The lowest BCUT2D eigenvalue weighted by atomic mass is 9.96. The van der Waals surface area contributed by atoms with Crippen molar-refractivity contribution >= 4 is 17.4 Å². The molecule has 0 N–H and O–H groups in total. The number of rotatable bonds is 10. The Kier molecular flexibility index (Phi) is 7.82. The van der Waals surface area contributed by atoms with Crippen molar-refractivity contribution in [1.29, 1.82) is 0 Å². The highest BCUT2D eigenvalue weighted by atomic mass is 32.2. The monoisotopic (exact) mass is 474 g/mol. The van der Waals surface area contributed by atoms with E-state index in [4.69, 9.17) is 4.74 Å². The zero-order chi connectivity index (χ0) is 23.0. The first-order valence-corrected chi connectivity index (χ1v) is 12.8. The van der Waals surface area contributed by atoms with Crippen LogP contribution in [0.2, 0.25) is 0 Å². The van der Waals surface area contributed by atoms with E-state index in [1.807, 2.05) is 12.1 Å². The molecule has 2 aromatic carbocycles. The minimum atomic E-state index is 0.308. The van der Waals surface area contributed by atoms with Gasteiger partial charge in [0.1, 0.15) is 11.4 Å². The van der Waals surface area contributed by atoms with Gasteiger partial charge in [-0.1, -0.05) is 60.7 Å². The first-order chi connectivity index (χ1) is 16.9. The number of nitrogens with zero attached hydrogens (tertiary/aromatic N) is 6. The molecule has 1 aliphatic heterocycles. The van der Waals surface area contributed by atoms with Gasteiger partial charge in [-0.05, 0) is 23.3 Å². The average molecular weight is 475 g/mol. The van der Waals surface area contributed by atoms with Crippen LogP contribution < -0.4 is 0 Å². The predicted molar refractivity (Wildman–Crippen MR) is 135 cm³/mol. The summed E-state index contributed by atoms with van der Waals surface area (Å²) in [6.07, 6.45) is 1.52. The molecule has 8 heteroatoms. The minimum absolute atomic E-state index is 0.308. The Morgan fingerprint density at radius 1 is 0.824 bits per heavy atom. The highest BCUT2D eigenvalue weighted by Gasteiger charge is 2.26. The molecule has 5 rings (SSSR count). The Morgan fingerprint density at radius 2 is 1.53 bits per heavy atom. The van der Waals surface area contributed by atoms with Gasteiger partial charge in [0.25, 0.3) is 0 Å². The van der Waals surface area contributed by atoms with Crippen molar-refractivity contribution in [3.05, 3.63) is 90.3 Å². The van der Waals surface area contributed by atoms with Gasteiger partial charge in [-0.3, -0.25) is 9.80 Å². The van der Waals surface area contributed by atoms with Crippen LogP contribution in [-0.2, 0) is 4.74 Å². The van der Waals surface area contributed by atoms with Crippen LogP contribution in [0.5, 0.6) is 0 Å². The highest BCUT2D eigenvalue weighted by molar-refractivity contribution is 7.99. The molecule has 0 saturated carbocycles. The molecule has 0 unspecified atom stereocenters. The molecule has 0 bridgehead atoms. The van der Waals surface area contributed by atoms with Gasteiger partial charge in [0.2, 0.25) is 0 Å². The van der Waals surface area contributed by atoms with Gasteiger partial charge in [-0.2, -0.15) is 0 Å². The van der Waals surface area contributed by atoms with Crippen molar-refractivity contribution in [2.45, 2.75) is 11.1 Å². The molecule has 2 aromatic heterocycles. The van der Waals surface area contributed by atoms with Crippen LogP contribution in [0.3, 0.4) is 0 Å². The number of aromatic nitrogens is 4. The van der Waals surface area contributed by atoms with Gasteiger partial charge in [-0.25, -0.2) is 4.98 Å². The summed E-state index contributed by atoms with van der Waals surface area (Å²) in [5.74, 6) is 0.872. The van der Waals surface area contributed by atoms with Crippen molar-refractivity contribution < 1.29 is 4.74 Å². The van der Waals surface area contributed by atoms with E-state index >= 15 is 0 Å². The van der Waals surface area contributed by atoms with E-state index in [0.29, 0.717) is 12.6 Å². The molecule has 1 saturated heterocycles. The molecule has 0 spiro atoms. The van der Waals surface area contributed by atoms with Crippen LogP contribution in [-0.4, -0.2) is 81.3 Å². The largest absolute Gasteiger partial charge is 0.379 e. The van der Waals surface area contributed by atoms with Gasteiger partial charge < -0.3 is 4.74 Å². The number of piperazine rings is 1. The number of thioether (sulfide) groups is 1. The van der Waals surface area contributed by atoms with E-state index in [-0.39, 0.29) is 0 Å². The van der Waals surface area contributed by atoms with Crippen molar-refractivity contribution in [1.82, 2.24) is 29.6 Å². The normalized spacial score (nSPS) is 15.3. The molecule has 1 aliphatic rings. The second-order valence-corrected chi connectivity index (χ2v) is 9.46. The standard InChI is InChI=1S/C26H30N6OS/c1-3-7-22(8-4-1)26(23-9-5-2-6-10-23)31-15-13-30(14-16-31)17-18-33-19-20-34-25-12-11-24-27-21-28-32(24)29-25/h1-12,21,26H,13-20H2. The maximum Gasteiger partial charge on any atom is 0.176 e. The van der Waals surface area contributed by atoms with Crippen LogP contribution in [0.15, 0.2) is 84.1 Å². The minimum Gasteiger partial charge on any atom is -0.379 e. The smallest absolute Gasteiger partial charge is 0.176 e. The lowest BCUT2D eigenvalue weighted by molar-refractivity contribution is 0.0717. The third kappa shape index (κ3) is 5.82. The fourth-order valence-corrected chi connectivity index (χ4v) is 5.12. The first kappa shape index (κ1) is 23.0. The van der Waals surface area contributed by atoms with Crippen molar-refractivity contribution in [3.63, 3.8) is 0 Å². The molecule has 0 radical (unpaired) electrons. The number of ether oxygens (including phenoxy) is 1. The number of benzene rings is 2. The Morgan fingerprint density at radius 3 is 2.24 bits per heavy atom. The van der Waals surface area contributed by atoms with Crippen LogP contribution in [0, 0.1) is 0 Å². The maximum absolute atomic E-state index is 5.90. The second kappa shape index (κ2) is 11.6. The topological polar surface area (TPSA) is 58.8 Å². The average Bonchev–Trinajstić information content (AvgIpc) is 3.36. The van der Waals surface area contributed by atoms with Crippen LogP contribution in [0.4, 0.5) is 0 Å². The summed E-state index contributed by atoms with van der Waals surface area (Å²) in [4.78, 5) is 9.24. The molecule has 4 aromatic rings. The molecule has 0 aliphatic carbocycles. The summed E-state index contributed by atoms with van der Waals surface area (Å²) in [6, 6.07) is 25.9. The summed E-state index contributed by atoms with van der Waals surface area (Å²) >= 11 is 1.68. The van der Waals surface area contributed by atoms with E-state index in [1.54, 1.807) is 16.4 Å². The van der Waals surface area contributed by atoms with Crippen LogP contribution in [0.25, 0.3) is 5.65 Å². The van der Waals surface area contributed by atoms with Crippen molar-refractivity contribution in [2.24, 2.45) is 0 Å². The number of hydrogen-bond donors (Lipinski definition) is 0. The van der Waals surface area contributed by atoms with Crippen molar-refractivity contribution in [3.8, 4) is 0 Å². The fourth-order valence-electron chi connectivity index (χ4n) is 4.41. The molecular weight excluding hydrogens is 444 g/mol. The van der Waals surface area contributed by atoms with Gasteiger partial charge in [0.05, 0.1) is 19.3 Å². The van der Waals surface area contributed by atoms with Gasteiger partial charge >= 0.3 is 0 Å². The number of fused-ring (bicyclic) bond motifs is 1. The lowest BCUT2D eigenvalue weighted by Crippen LogP contribution is -2.48. The summed E-state index contributed by atoms with van der Waals surface area (Å²) in [5, 5.41) is 9.44. The van der Waals surface area contributed by atoms with Gasteiger partial charge in [0, 0.05) is 38.5 Å². The maximum atomic E-state index is 5.90. The predicted octanol–water partition coefficient (Wildman–Crippen LogP) is 3.64. The molecule has 0 amide bonds. The Hall–Kier alpha value is -2.78. The van der Waals surface area contributed by atoms with E-state index in [1.165, 1.54) is 17.5 Å². The summed E-state index contributed by atoms with van der Waals surface area (Å²) < 4.78 is 7.46. The Balaban J connectivity index is 1.04.